The quantitative estimate of drug-likeness (QED) is 0.413. The average molecular weight is 435 g/mol. The van der Waals surface area contributed by atoms with Gasteiger partial charge in [-0.3, -0.25) is 4.79 Å². The molecule has 3 rings (SSSR count). The summed E-state index contributed by atoms with van der Waals surface area (Å²) in [6, 6.07) is 15.5. The predicted octanol–water partition coefficient (Wildman–Crippen LogP) is 5.17. The van der Waals surface area contributed by atoms with Crippen molar-refractivity contribution in [2.75, 3.05) is 24.6 Å². The van der Waals surface area contributed by atoms with Crippen molar-refractivity contribution in [2.24, 2.45) is 5.73 Å². The molecule has 0 aliphatic carbocycles. The van der Waals surface area contributed by atoms with Gasteiger partial charge in [0.1, 0.15) is 0 Å². The molecule has 32 heavy (non-hydrogen) atoms. The van der Waals surface area contributed by atoms with Gasteiger partial charge in [-0.2, -0.15) is 0 Å². The van der Waals surface area contributed by atoms with Crippen LogP contribution >= 0.6 is 0 Å². The highest BCUT2D eigenvalue weighted by molar-refractivity contribution is 5.90. The number of piperidine rings is 1. The number of hydrogen-bond donors (Lipinski definition) is 1. The van der Waals surface area contributed by atoms with E-state index in [2.05, 4.69) is 29.7 Å². The van der Waals surface area contributed by atoms with Crippen molar-refractivity contribution < 1.29 is 14.3 Å². The van der Waals surface area contributed by atoms with Crippen LogP contribution in [0.15, 0.2) is 61.2 Å². The van der Waals surface area contributed by atoms with Crippen molar-refractivity contribution >= 4 is 17.6 Å². The topological polar surface area (TPSA) is 72.6 Å². The van der Waals surface area contributed by atoms with Crippen molar-refractivity contribution in [2.45, 2.75) is 50.9 Å². The molecule has 5 nitrogen and oxygen atoms in total. The van der Waals surface area contributed by atoms with E-state index in [1.807, 2.05) is 24.3 Å². The number of primary amides is 1. The van der Waals surface area contributed by atoms with Crippen molar-refractivity contribution in [3.05, 3.63) is 77.9 Å². The first-order chi connectivity index (χ1) is 15.6. The van der Waals surface area contributed by atoms with Crippen LogP contribution in [0.25, 0.3) is 0 Å². The van der Waals surface area contributed by atoms with Crippen LogP contribution in [-0.2, 0) is 9.53 Å². The van der Waals surface area contributed by atoms with Gasteiger partial charge in [-0.15, -0.1) is 6.58 Å². The van der Waals surface area contributed by atoms with E-state index in [0.717, 1.165) is 37.1 Å². The van der Waals surface area contributed by atoms with Gasteiger partial charge in [-0.05, 0) is 68.4 Å². The number of para-hydroxylation sites is 1. The number of allylic oxidation sites excluding steroid dienone is 1. The largest absolute Gasteiger partial charge is 0.462 e. The average Bonchev–Trinajstić information content (AvgIpc) is 2.82. The van der Waals surface area contributed by atoms with Gasteiger partial charge < -0.3 is 15.4 Å². The maximum Gasteiger partial charge on any atom is 0.338 e. The zero-order valence-electron chi connectivity index (χ0n) is 19.0. The predicted molar refractivity (Wildman–Crippen MR) is 129 cm³/mol. The Labute approximate surface area is 191 Å². The van der Waals surface area contributed by atoms with Crippen LogP contribution in [-0.4, -0.2) is 31.6 Å². The smallest absolute Gasteiger partial charge is 0.338 e. The van der Waals surface area contributed by atoms with Crippen LogP contribution in [0, 0.1) is 0 Å². The fourth-order valence-electron chi connectivity index (χ4n) is 4.66. The monoisotopic (exact) mass is 434 g/mol. The Balaban J connectivity index is 2.00. The van der Waals surface area contributed by atoms with Crippen molar-refractivity contribution in [1.29, 1.82) is 0 Å². The summed E-state index contributed by atoms with van der Waals surface area (Å²) in [4.78, 5) is 27.3. The van der Waals surface area contributed by atoms with E-state index in [0.29, 0.717) is 12.2 Å². The fraction of sp³-hybridized carbons (Fsp3) is 0.407. The second kappa shape index (κ2) is 11.5. The first-order valence-corrected chi connectivity index (χ1v) is 11.6. The van der Waals surface area contributed by atoms with E-state index in [1.165, 1.54) is 24.9 Å². The molecule has 1 aliphatic heterocycles. The Morgan fingerprint density at radius 2 is 1.78 bits per heavy atom. The molecule has 0 radical (unpaired) electrons. The normalized spacial score (nSPS) is 15.6. The standard InChI is InChI=1S/C27H34N2O3/c1-3-5-11-23(22-12-7-8-13-24(22)29-18-9-6-10-19-29)25(26(28)30)20-14-16-21(17-15-20)27(31)32-4-2/h3,7-8,12-17,23,25H,1,4-6,9-11,18-19H2,2H3,(H2,28,30). The Morgan fingerprint density at radius 3 is 2.41 bits per heavy atom. The highest BCUT2D eigenvalue weighted by Crippen LogP contribution is 2.41. The molecule has 0 aromatic heterocycles. The number of anilines is 1. The number of nitrogens with two attached hydrogens (primary N) is 1. The summed E-state index contributed by atoms with van der Waals surface area (Å²) in [7, 11) is 0. The first kappa shape index (κ1) is 23.6. The lowest BCUT2D eigenvalue weighted by Gasteiger charge is -2.34. The maximum absolute atomic E-state index is 12.8. The van der Waals surface area contributed by atoms with Crippen LogP contribution in [0.2, 0.25) is 0 Å². The van der Waals surface area contributed by atoms with Gasteiger partial charge in [0.2, 0.25) is 5.91 Å². The minimum Gasteiger partial charge on any atom is -0.462 e. The molecule has 0 spiro atoms. The summed E-state index contributed by atoms with van der Waals surface area (Å²) in [5.74, 6) is -1.32. The number of hydrogen-bond acceptors (Lipinski definition) is 4. The van der Waals surface area contributed by atoms with Gasteiger partial charge in [0.25, 0.3) is 0 Å². The number of benzene rings is 2. The summed E-state index contributed by atoms with van der Waals surface area (Å²) in [5.41, 5.74) is 9.60. The maximum atomic E-state index is 12.8. The third-order valence-corrected chi connectivity index (χ3v) is 6.20. The fourth-order valence-corrected chi connectivity index (χ4v) is 4.66. The zero-order valence-corrected chi connectivity index (χ0v) is 19.0. The van der Waals surface area contributed by atoms with E-state index in [9.17, 15) is 9.59 Å². The van der Waals surface area contributed by atoms with Crippen LogP contribution in [0.3, 0.4) is 0 Å². The molecule has 2 unspecified atom stereocenters. The van der Waals surface area contributed by atoms with Crippen molar-refractivity contribution in [1.82, 2.24) is 0 Å². The van der Waals surface area contributed by atoms with Crippen LogP contribution in [0.1, 0.15) is 72.3 Å². The molecule has 170 valence electrons. The number of nitrogens with zero attached hydrogens (tertiary/aromatic N) is 1. The highest BCUT2D eigenvalue weighted by atomic mass is 16.5. The van der Waals surface area contributed by atoms with E-state index in [-0.39, 0.29) is 17.8 Å². The van der Waals surface area contributed by atoms with Gasteiger partial charge in [0.15, 0.2) is 0 Å². The van der Waals surface area contributed by atoms with Crippen LogP contribution in [0.4, 0.5) is 5.69 Å². The highest BCUT2D eigenvalue weighted by Gasteiger charge is 2.32. The SMILES string of the molecule is C=CCCC(c1ccccc1N1CCCCC1)C(C(N)=O)c1ccc(C(=O)OCC)cc1. The van der Waals surface area contributed by atoms with Gasteiger partial charge in [-0.25, -0.2) is 4.79 Å². The van der Waals surface area contributed by atoms with E-state index in [4.69, 9.17) is 10.5 Å². The molecule has 0 saturated carbocycles. The second-order valence-corrected chi connectivity index (χ2v) is 8.30. The number of carbonyl (C=O) groups excluding carboxylic acids is 2. The number of rotatable bonds is 10. The minimum absolute atomic E-state index is 0.0860. The van der Waals surface area contributed by atoms with Gasteiger partial charge in [-0.1, -0.05) is 36.4 Å². The summed E-state index contributed by atoms with van der Waals surface area (Å²) in [5, 5.41) is 0. The molecule has 1 saturated heterocycles. The Kier molecular flexibility index (Phi) is 8.48. The number of carbonyl (C=O) groups is 2. The van der Waals surface area contributed by atoms with Gasteiger partial charge in [0, 0.05) is 24.7 Å². The lowest BCUT2D eigenvalue weighted by Crippen LogP contribution is -2.32. The molecule has 0 bridgehead atoms. The lowest BCUT2D eigenvalue weighted by atomic mass is 9.77. The molecule has 2 aromatic carbocycles. The van der Waals surface area contributed by atoms with Crippen LogP contribution in [0.5, 0.6) is 0 Å². The van der Waals surface area contributed by atoms with E-state index < -0.39 is 5.92 Å². The van der Waals surface area contributed by atoms with Gasteiger partial charge >= 0.3 is 5.97 Å². The molecule has 2 N–H and O–H groups in total. The summed E-state index contributed by atoms with van der Waals surface area (Å²) in [6.07, 6.45) is 7.05. The minimum atomic E-state index is -0.503. The summed E-state index contributed by atoms with van der Waals surface area (Å²) >= 11 is 0. The lowest BCUT2D eigenvalue weighted by molar-refractivity contribution is -0.120. The molecule has 2 atom stereocenters. The number of amides is 1. The molecular formula is C27H34N2O3. The zero-order chi connectivity index (χ0) is 22.9. The Bertz CT molecular complexity index is 917. The van der Waals surface area contributed by atoms with E-state index in [1.54, 1.807) is 19.1 Å². The number of esters is 1. The second-order valence-electron chi connectivity index (χ2n) is 8.30. The first-order valence-electron chi connectivity index (χ1n) is 11.6. The van der Waals surface area contributed by atoms with Crippen LogP contribution < -0.4 is 10.6 Å². The van der Waals surface area contributed by atoms with Crippen molar-refractivity contribution in [3.63, 3.8) is 0 Å². The molecule has 1 heterocycles. The third-order valence-electron chi connectivity index (χ3n) is 6.20. The Morgan fingerprint density at radius 1 is 1.09 bits per heavy atom. The molecule has 2 aromatic rings. The molecule has 5 heteroatoms. The van der Waals surface area contributed by atoms with Gasteiger partial charge in [0.05, 0.1) is 18.1 Å². The summed E-state index contributed by atoms with van der Waals surface area (Å²) < 4.78 is 5.08. The molecule has 1 aliphatic rings. The molecule has 1 fully saturated rings. The molecule has 1 amide bonds. The van der Waals surface area contributed by atoms with E-state index >= 15 is 0 Å². The summed E-state index contributed by atoms with van der Waals surface area (Å²) in [6.45, 7) is 8.04. The number of ether oxygens (including phenoxy) is 1. The Hall–Kier alpha value is -3.08. The third kappa shape index (κ3) is 5.58. The molecular weight excluding hydrogens is 400 g/mol. The van der Waals surface area contributed by atoms with Crippen molar-refractivity contribution in [3.8, 4) is 0 Å².